The van der Waals surface area contributed by atoms with E-state index < -0.39 is 10.0 Å². The van der Waals surface area contributed by atoms with Crippen LogP contribution >= 0.6 is 0 Å². The van der Waals surface area contributed by atoms with E-state index in [0.29, 0.717) is 22.8 Å². The molecular weight excluding hydrogens is 272 g/mol. The van der Waals surface area contributed by atoms with E-state index in [-0.39, 0.29) is 0 Å². The minimum absolute atomic E-state index is 0.307. The largest absolute Gasteiger partial charge is 0.382 e. The van der Waals surface area contributed by atoms with Gasteiger partial charge in [-0.1, -0.05) is 26.3 Å². The molecule has 1 aliphatic carbocycles. The molecule has 0 bridgehead atoms. The van der Waals surface area contributed by atoms with Crippen molar-refractivity contribution in [3.63, 3.8) is 0 Å². The van der Waals surface area contributed by atoms with Gasteiger partial charge in [0.25, 0.3) is 0 Å². The van der Waals surface area contributed by atoms with Crippen molar-refractivity contribution in [3.8, 4) is 0 Å². The number of hydrogen-bond acceptors (Lipinski definition) is 3. The first-order chi connectivity index (χ1) is 9.44. The number of sulfonamides is 1. The fourth-order valence-corrected chi connectivity index (χ4v) is 3.81. The van der Waals surface area contributed by atoms with Gasteiger partial charge in [0.1, 0.15) is 0 Å². The lowest BCUT2D eigenvalue weighted by molar-refractivity contribution is 0.268. The summed E-state index contributed by atoms with van der Waals surface area (Å²) >= 11 is 0. The van der Waals surface area contributed by atoms with E-state index in [1.807, 2.05) is 6.07 Å². The van der Waals surface area contributed by atoms with Gasteiger partial charge in [-0.15, -0.1) is 0 Å². The molecule has 1 aromatic rings. The summed E-state index contributed by atoms with van der Waals surface area (Å²) in [5, 5.41) is 3.52. The van der Waals surface area contributed by atoms with Crippen molar-refractivity contribution in [2.45, 2.75) is 44.0 Å². The van der Waals surface area contributed by atoms with Gasteiger partial charge >= 0.3 is 0 Å². The van der Waals surface area contributed by atoms with Gasteiger partial charge in [-0.05, 0) is 49.9 Å². The zero-order chi connectivity index (χ0) is 14.8. The first-order valence-electron chi connectivity index (χ1n) is 7.24. The smallest absolute Gasteiger partial charge is 0.240 e. The lowest BCUT2D eigenvalue weighted by atomic mass is 9.78. The first-order valence-corrected chi connectivity index (χ1v) is 8.72. The van der Waals surface area contributed by atoms with E-state index in [1.54, 1.807) is 18.2 Å². The summed E-state index contributed by atoms with van der Waals surface area (Å²) in [6, 6.07) is 7.45. The van der Waals surface area contributed by atoms with E-state index >= 15 is 0 Å². The summed E-state index contributed by atoms with van der Waals surface area (Å²) < 4.78 is 26.0. The predicted molar refractivity (Wildman–Crippen MR) is 82.3 cm³/mol. The Morgan fingerprint density at radius 3 is 2.40 bits per heavy atom. The van der Waals surface area contributed by atoms with Gasteiger partial charge in [-0.2, -0.15) is 0 Å². The Labute approximate surface area is 122 Å². The molecule has 0 heterocycles. The SMILES string of the molecule is CNS(=O)(=O)c1cccc(NC2C(C)CCCC2C)c1. The van der Waals surface area contributed by atoms with Gasteiger partial charge in [0.15, 0.2) is 0 Å². The van der Waals surface area contributed by atoms with Gasteiger partial charge in [0.2, 0.25) is 10.0 Å². The van der Waals surface area contributed by atoms with Crippen molar-refractivity contribution in [2.75, 3.05) is 12.4 Å². The van der Waals surface area contributed by atoms with E-state index in [4.69, 9.17) is 0 Å². The lowest BCUT2D eigenvalue weighted by Gasteiger charge is -2.36. The first kappa shape index (κ1) is 15.3. The molecular formula is C15H24N2O2S. The van der Waals surface area contributed by atoms with E-state index in [1.165, 1.54) is 26.3 Å². The lowest BCUT2D eigenvalue weighted by Crippen LogP contribution is -2.37. The Bertz CT molecular complexity index is 547. The highest BCUT2D eigenvalue weighted by Crippen LogP contribution is 2.31. The minimum atomic E-state index is -3.38. The maximum atomic E-state index is 11.8. The van der Waals surface area contributed by atoms with Crippen molar-refractivity contribution in [1.29, 1.82) is 0 Å². The molecule has 0 spiro atoms. The fourth-order valence-electron chi connectivity index (χ4n) is 3.03. The monoisotopic (exact) mass is 296 g/mol. The van der Waals surface area contributed by atoms with Crippen molar-refractivity contribution < 1.29 is 8.42 Å². The fraction of sp³-hybridized carbons (Fsp3) is 0.600. The van der Waals surface area contributed by atoms with Crippen molar-refractivity contribution in [1.82, 2.24) is 4.72 Å². The highest BCUT2D eigenvalue weighted by Gasteiger charge is 2.27. The quantitative estimate of drug-likeness (QED) is 0.898. The molecule has 2 atom stereocenters. The Kier molecular flexibility index (Phi) is 4.70. The van der Waals surface area contributed by atoms with Crippen LogP contribution in [0.2, 0.25) is 0 Å². The number of nitrogens with one attached hydrogen (secondary N) is 2. The third-order valence-electron chi connectivity index (χ3n) is 4.29. The van der Waals surface area contributed by atoms with Crippen LogP contribution in [0.1, 0.15) is 33.1 Å². The number of benzene rings is 1. The predicted octanol–water partition coefficient (Wildman–Crippen LogP) is 2.83. The third kappa shape index (κ3) is 3.33. The average molecular weight is 296 g/mol. The van der Waals surface area contributed by atoms with Crippen LogP contribution in [-0.4, -0.2) is 21.5 Å². The summed E-state index contributed by atoms with van der Waals surface area (Å²) in [4.78, 5) is 0.307. The molecule has 1 saturated carbocycles. The highest BCUT2D eigenvalue weighted by molar-refractivity contribution is 7.89. The van der Waals surface area contributed by atoms with E-state index in [0.717, 1.165) is 5.69 Å². The molecule has 0 amide bonds. The molecule has 1 aliphatic rings. The normalized spacial score (nSPS) is 27.2. The molecule has 1 aromatic carbocycles. The van der Waals surface area contributed by atoms with Gasteiger partial charge in [0, 0.05) is 11.7 Å². The molecule has 5 heteroatoms. The second-order valence-electron chi connectivity index (χ2n) is 5.79. The summed E-state index contributed by atoms with van der Waals surface area (Å²) in [7, 11) is -1.95. The van der Waals surface area contributed by atoms with Crippen LogP contribution in [0, 0.1) is 11.8 Å². The van der Waals surface area contributed by atoms with Crippen molar-refractivity contribution >= 4 is 15.7 Å². The molecule has 112 valence electrons. The molecule has 0 aromatic heterocycles. The summed E-state index contributed by atoms with van der Waals surface area (Å²) in [5.41, 5.74) is 0.881. The topological polar surface area (TPSA) is 58.2 Å². The van der Waals surface area contributed by atoms with Crippen LogP contribution in [0.5, 0.6) is 0 Å². The molecule has 2 N–H and O–H groups in total. The van der Waals surface area contributed by atoms with Crippen molar-refractivity contribution in [2.24, 2.45) is 11.8 Å². The van der Waals surface area contributed by atoms with Crippen LogP contribution in [0.25, 0.3) is 0 Å². The van der Waals surface area contributed by atoms with Crippen LogP contribution in [-0.2, 0) is 10.0 Å². The van der Waals surface area contributed by atoms with Gasteiger partial charge in [-0.25, -0.2) is 13.1 Å². The molecule has 2 rings (SSSR count). The highest BCUT2D eigenvalue weighted by atomic mass is 32.2. The Morgan fingerprint density at radius 2 is 1.80 bits per heavy atom. The van der Waals surface area contributed by atoms with E-state index in [2.05, 4.69) is 23.9 Å². The maximum absolute atomic E-state index is 11.8. The summed E-state index contributed by atoms with van der Waals surface area (Å²) in [6.07, 6.45) is 3.75. The number of rotatable bonds is 4. The summed E-state index contributed by atoms with van der Waals surface area (Å²) in [5.74, 6) is 1.23. The van der Waals surface area contributed by atoms with Crippen LogP contribution < -0.4 is 10.0 Å². The standard InChI is InChI=1S/C15H24N2O2S/c1-11-6-4-7-12(2)15(11)17-13-8-5-9-14(10-13)20(18,19)16-3/h5,8-12,15-17H,4,6-7H2,1-3H3. The number of hydrogen-bond donors (Lipinski definition) is 2. The van der Waals surface area contributed by atoms with Crippen molar-refractivity contribution in [3.05, 3.63) is 24.3 Å². The Balaban J connectivity index is 2.19. The van der Waals surface area contributed by atoms with Gasteiger partial charge < -0.3 is 5.32 Å². The Morgan fingerprint density at radius 1 is 1.15 bits per heavy atom. The summed E-state index contributed by atoms with van der Waals surface area (Å²) in [6.45, 7) is 4.53. The van der Waals surface area contributed by atoms with Gasteiger partial charge in [-0.3, -0.25) is 0 Å². The zero-order valence-electron chi connectivity index (χ0n) is 12.4. The minimum Gasteiger partial charge on any atom is -0.382 e. The number of anilines is 1. The third-order valence-corrected chi connectivity index (χ3v) is 5.70. The Hall–Kier alpha value is -1.07. The molecule has 4 nitrogen and oxygen atoms in total. The zero-order valence-corrected chi connectivity index (χ0v) is 13.2. The molecule has 0 aliphatic heterocycles. The van der Waals surface area contributed by atoms with Crippen LogP contribution in [0.3, 0.4) is 0 Å². The molecule has 0 saturated heterocycles. The van der Waals surface area contributed by atoms with Gasteiger partial charge in [0.05, 0.1) is 4.90 Å². The van der Waals surface area contributed by atoms with E-state index in [9.17, 15) is 8.42 Å². The molecule has 0 radical (unpaired) electrons. The molecule has 20 heavy (non-hydrogen) atoms. The van der Waals surface area contributed by atoms with Crippen LogP contribution in [0.4, 0.5) is 5.69 Å². The second-order valence-corrected chi connectivity index (χ2v) is 7.68. The maximum Gasteiger partial charge on any atom is 0.240 e. The molecule has 1 fully saturated rings. The average Bonchev–Trinajstić information content (AvgIpc) is 2.43. The second kappa shape index (κ2) is 6.14. The van der Waals surface area contributed by atoms with Crippen LogP contribution in [0.15, 0.2) is 29.2 Å². The molecule has 2 unspecified atom stereocenters.